The molecule has 1 aromatic heterocycles. The van der Waals surface area contributed by atoms with Gasteiger partial charge in [-0.3, -0.25) is 9.69 Å². The minimum atomic E-state index is -0.0310. The molecule has 0 N–H and O–H groups in total. The molecule has 1 unspecified atom stereocenters. The van der Waals surface area contributed by atoms with Crippen LogP contribution < -0.4 is 0 Å². The molecule has 2 aliphatic heterocycles. The maximum atomic E-state index is 13.2. The Morgan fingerprint density at radius 1 is 1.30 bits per heavy atom. The molecule has 2 aliphatic rings. The summed E-state index contributed by atoms with van der Waals surface area (Å²) >= 11 is 6.08. The van der Waals surface area contributed by atoms with Gasteiger partial charge < -0.3 is 9.64 Å². The number of rotatable bonds is 4. The van der Waals surface area contributed by atoms with Crippen molar-refractivity contribution >= 4 is 17.5 Å². The summed E-state index contributed by atoms with van der Waals surface area (Å²) in [4.78, 5) is 17.5. The van der Waals surface area contributed by atoms with Gasteiger partial charge in [0.05, 0.1) is 24.6 Å². The van der Waals surface area contributed by atoms with Crippen molar-refractivity contribution in [3.8, 4) is 5.69 Å². The molecular formula is C19H24ClN5O2. The summed E-state index contributed by atoms with van der Waals surface area (Å²) < 4.78 is 7.10. The number of carbonyl (C=O) groups excluding carboxylic acids is 1. The van der Waals surface area contributed by atoms with E-state index in [-0.39, 0.29) is 11.9 Å². The number of morpholine rings is 1. The van der Waals surface area contributed by atoms with Gasteiger partial charge >= 0.3 is 0 Å². The maximum Gasteiger partial charge on any atom is 0.276 e. The zero-order valence-corrected chi connectivity index (χ0v) is 16.2. The van der Waals surface area contributed by atoms with Crippen molar-refractivity contribution in [2.24, 2.45) is 0 Å². The first kappa shape index (κ1) is 18.4. The third kappa shape index (κ3) is 3.85. The van der Waals surface area contributed by atoms with Crippen molar-refractivity contribution in [2.75, 3.05) is 39.4 Å². The number of benzene rings is 1. The molecule has 7 nitrogen and oxygen atoms in total. The van der Waals surface area contributed by atoms with Crippen molar-refractivity contribution in [3.05, 3.63) is 40.7 Å². The fraction of sp³-hybridized carbons (Fsp3) is 0.526. The van der Waals surface area contributed by atoms with Crippen molar-refractivity contribution < 1.29 is 9.53 Å². The summed E-state index contributed by atoms with van der Waals surface area (Å²) in [7, 11) is 0. The summed E-state index contributed by atoms with van der Waals surface area (Å²) in [5.41, 5.74) is 1.96. The number of hydrogen-bond donors (Lipinski definition) is 0. The second-order valence-electron chi connectivity index (χ2n) is 7.12. The highest BCUT2D eigenvalue weighted by Crippen LogP contribution is 2.23. The predicted octanol–water partition coefficient (Wildman–Crippen LogP) is 2.17. The third-order valence-corrected chi connectivity index (χ3v) is 5.60. The van der Waals surface area contributed by atoms with Crippen LogP contribution in [-0.2, 0) is 4.74 Å². The Labute approximate surface area is 163 Å². The van der Waals surface area contributed by atoms with Gasteiger partial charge in [-0.15, -0.1) is 5.10 Å². The Morgan fingerprint density at radius 3 is 2.89 bits per heavy atom. The van der Waals surface area contributed by atoms with Crippen LogP contribution in [0.4, 0.5) is 0 Å². The lowest BCUT2D eigenvalue weighted by atomic mass is 10.2. The van der Waals surface area contributed by atoms with E-state index in [1.54, 1.807) is 4.68 Å². The van der Waals surface area contributed by atoms with Gasteiger partial charge in [-0.1, -0.05) is 22.9 Å². The minimum Gasteiger partial charge on any atom is -0.379 e. The fourth-order valence-electron chi connectivity index (χ4n) is 3.89. The SMILES string of the molecule is Cc1c(C(=O)N2CCCC2CN2CCOCC2)nnn1-c1cccc(Cl)c1. The largest absolute Gasteiger partial charge is 0.379 e. The lowest BCUT2D eigenvalue weighted by molar-refractivity contribution is 0.0260. The second kappa shape index (κ2) is 7.96. The Kier molecular flexibility index (Phi) is 5.43. The number of nitrogens with zero attached hydrogens (tertiary/aromatic N) is 5. The van der Waals surface area contributed by atoms with E-state index in [0.29, 0.717) is 10.7 Å². The average Bonchev–Trinajstić information content (AvgIpc) is 3.29. The Morgan fingerprint density at radius 2 is 2.11 bits per heavy atom. The molecule has 0 spiro atoms. The molecule has 2 saturated heterocycles. The molecule has 8 heteroatoms. The smallest absolute Gasteiger partial charge is 0.276 e. The number of ether oxygens (including phenoxy) is 1. The van der Waals surface area contributed by atoms with E-state index in [0.717, 1.165) is 63.6 Å². The van der Waals surface area contributed by atoms with Crippen molar-refractivity contribution in [1.29, 1.82) is 0 Å². The number of likely N-dealkylation sites (tertiary alicyclic amines) is 1. The van der Waals surface area contributed by atoms with Crippen LogP contribution in [0.2, 0.25) is 5.02 Å². The normalized spacial score (nSPS) is 21.0. The van der Waals surface area contributed by atoms with Crippen molar-refractivity contribution in [1.82, 2.24) is 24.8 Å². The number of hydrogen-bond acceptors (Lipinski definition) is 5. The van der Waals surface area contributed by atoms with Crippen LogP contribution in [-0.4, -0.2) is 76.1 Å². The number of aromatic nitrogens is 3. The summed E-state index contributed by atoms with van der Waals surface area (Å²) in [6.45, 7) is 6.96. The summed E-state index contributed by atoms with van der Waals surface area (Å²) in [6.07, 6.45) is 2.06. The van der Waals surface area contributed by atoms with E-state index >= 15 is 0 Å². The highest BCUT2D eigenvalue weighted by molar-refractivity contribution is 6.30. The predicted molar refractivity (Wildman–Crippen MR) is 102 cm³/mol. The minimum absolute atomic E-state index is 0.0310. The lowest BCUT2D eigenvalue weighted by Gasteiger charge is -2.32. The molecule has 2 fully saturated rings. The van der Waals surface area contributed by atoms with Crippen molar-refractivity contribution in [2.45, 2.75) is 25.8 Å². The second-order valence-corrected chi connectivity index (χ2v) is 7.56. The van der Waals surface area contributed by atoms with E-state index in [1.807, 2.05) is 36.1 Å². The first-order valence-electron chi connectivity index (χ1n) is 9.43. The molecule has 0 bridgehead atoms. The highest BCUT2D eigenvalue weighted by atomic mass is 35.5. The number of carbonyl (C=O) groups is 1. The third-order valence-electron chi connectivity index (χ3n) is 5.36. The maximum absolute atomic E-state index is 13.2. The number of halogens is 1. The lowest BCUT2D eigenvalue weighted by Crippen LogP contribution is -2.46. The van der Waals surface area contributed by atoms with Crippen LogP contribution in [0.25, 0.3) is 5.69 Å². The molecule has 1 aromatic carbocycles. The van der Waals surface area contributed by atoms with E-state index in [2.05, 4.69) is 15.2 Å². The van der Waals surface area contributed by atoms with E-state index in [9.17, 15) is 4.79 Å². The Balaban J connectivity index is 1.52. The van der Waals surface area contributed by atoms with E-state index in [1.165, 1.54) is 0 Å². The molecule has 144 valence electrons. The molecule has 0 aliphatic carbocycles. The molecule has 0 radical (unpaired) electrons. The van der Waals surface area contributed by atoms with Gasteiger partial charge in [0, 0.05) is 37.2 Å². The monoisotopic (exact) mass is 389 g/mol. The number of amides is 1. The zero-order chi connectivity index (χ0) is 18.8. The quantitative estimate of drug-likeness (QED) is 0.801. The van der Waals surface area contributed by atoms with Gasteiger partial charge in [-0.25, -0.2) is 4.68 Å². The molecule has 2 aromatic rings. The van der Waals surface area contributed by atoms with E-state index < -0.39 is 0 Å². The molecule has 1 atom stereocenters. The highest BCUT2D eigenvalue weighted by Gasteiger charge is 2.33. The molecule has 27 heavy (non-hydrogen) atoms. The van der Waals surface area contributed by atoms with Gasteiger partial charge in [-0.05, 0) is 38.0 Å². The standard InChI is InChI=1S/C19H24ClN5O2/c1-14-18(21-22-25(14)16-5-2-4-15(20)12-16)19(26)24-7-3-6-17(24)13-23-8-10-27-11-9-23/h2,4-5,12,17H,3,6-11,13H2,1H3. The van der Waals surface area contributed by atoms with Crippen molar-refractivity contribution in [3.63, 3.8) is 0 Å². The van der Waals surface area contributed by atoms with Crippen LogP contribution in [0.15, 0.2) is 24.3 Å². The van der Waals surface area contributed by atoms with Crippen LogP contribution in [0.5, 0.6) is 0 Å². The molecule has 1 amide bonds. The molecular weight excluding hydrogens is 366 g/mol. The topological polar surface area (TPSA) is 63.5 Å². The average molecular weight is 390 g/mol. The van der Waals surface area contributed by atoms with Gasteiger partial charge in [-0.2, -0.15) is 0 Å². The summed E-state index contributed by atoms with van der Waals surface area (Å²) in [5, 5.41) is 9.01. The zero-order valence-electron chi connectivity index (χ0n) is 15.5. The first-order chi connectivity index (χ1) is 13.1. The van der Waals surface area contributed by atoms with Crippen LogP contribution >= 0.6 is 11.6 Å². The van der Waals surface area contributed by atoms with Gasteiger partial charge in [0.25, 0.3) is 5.91 Å². The fourth-order valence-corrected chi connectivity index (χ4v) is 4.08. The van der Waals surface area contributed by atoms with Gasteiger partial charge in [0.1, 0.15) is 0 Å². The molecule has 3 heterocycles. The van der Waals surface area contributed by atoms with Crippen LogP contribution in [0.1, 0.15) is 29.0 Å². The first-order valence-corrected chi connectivity index (χ1v) is 9.80. The van der Waals surface area contributed by atoms with Crippen LogP contribution in [0.3, 0.4) is 0 Å². The molecule has 4 rings (SSSR count). The Bertz CT molecular complexity index is 818. The van der Waals surface area contributed by atoms with Gasteiger partial charge in [0.2, 0.25) is 0 Å². The van der Waals surface area contributed by atoms with Gasteiger partial charge in [0.15, 0.2) is 5.69 Å². The Hall–Kier alpha value is -1.96. The van der Waals surface area contributed by atoms with E-state index in [4.69, 9.17) is 16.3 Å². The molecule has 0 saturated carbocycles. The summed E-state index contributed by atoms with van der Waals surface area (Å²) in [6, 6.07) is 7.61. The summed E-state index contributed by atoms with van der Waals surface area (Å²) in [5.74, 6) is -0.0310. The van der Waals surface area contributed by atoms with Crippen LogP contribution in [0, 0.1) is 6.92 Å².